The molecular formula is C17H13F2NO4. The lowest BCUT2D eigenvalue weighted by Crippen LogP contribution is -2.36. The number of hydrogen-bond donors (Lipinski definition) is 0. The molecule has 2 aromatic rings. The summed E-state index contributed by atoms with van der Waals surface area (Å²) in [5.74, 6) is -1.83. The van der Waals surface area contributed by atoms with E-state index in [1.54, 1.807) is 24.3 Å². The monoisotopic (exact) mass is 333 g/mol. The summed E-state index contributed by atoms with van der Waals surface area (Å²) >= 11 is 0. The van der Waals surface area contributed by atoms with Crippen LogP contribution in [-0.4, -0.2) is 23.7 Å². The molecule has 1 saturated heterocycles. The highest BCUT2D eigenvalue weighted by atomic mass is 19.2. The molecule has 124 valence electrons. The van der Waals surface area contributed by atoms with Crippen LogP contribution in [0.3, 0.4) is 0 Å². The fourth-order valence-electron chi connectivity index (χ4n) is 2.34. The summed E-state index contributed by atoms with van der Waals surface area (Å²) in [6, 6.07) is 8.92. The van der Waals surface area contributed by atoms with Crippen molar-refractivity contribution in [1.82, 2.24) is 4.90 Å². The van der Waals surface area contributed by atoms with Gasteiger partial charge in [0.2, 0.25) is 0 Å². The van der Waals surface area contributed by atoms with Crippen molar-refractivity contribution >= 4 is 12.2 Å². The van der Waals surface area contributed by atoms with Crippen LogP contribution in [0.25, 0.3) is 0 Å². The molecule has 0 bridgehead atoms. The molecule has 0 radical (unpaired) electrons. The number of imide groups is 1. The van der Waals surface area contributed by atoms with Gasteiger partial charge in [-0.3, -0.25) is 0 Å². The number of rotatable bonds is 2. The quantitative estimate of drug-likeness (QED) is 0.834. The Morgan fingerprint density at radius 3 is 2.54 bits per heavy atom. The van der Waals surface area contributed by atoms with Crippen molar-refractivity contribution in [3.63, 3.8) is 0 Å². The van der Waals surface area contributed by atoms with E-state index in [2.05, 4.69) is 0 Å². The third-order valence-electron chi connectivity index (χ3n) is 3.62. The highest BCUT2D eigenvalue weighted by Crippen LogP contribution is 2.29. The first-order valence-corrected chi connectivity index (χ1v) is 7.15. The summed E-state index contributed by atoms with van der Waals surface area (Å²) in [6.07, 6.45) is -1.85. The van der Waals surface area contributed by atoms with E-state index >= 15 is 0 Å². The van der Waals surface area contributed by atoms with Crippen molar-refractivity contribution in [3.05, 3.63) is 65.2 Å². The molecule has 2 amide bonds. The minimum Gasteiger partial charge on any atom is -0.446 e. The maximum Gasteiger partial charge on any atom is 0.425 e. The van der Waals surface area contributed by atoms with Crippen molar-refractivity contribution in [2.45, 2.75) is 13.0 Å². The molecule has 3 rings (SSSR count). The van der Waals surface area contributed by atoms with Crippen LogP contribution in [-0.2, 0) is 4.74 Å². The molecule has 0 saturated carbocycles. The molecular weight excluding hydrogens is 320 g/mol. The molecule has 0 aliphatic carbocycles. The van der Waals surface area contributed by atoms with E-state index in [0.29, 0.717) is 0 Å². The van der Waals surface area contributed by atoms with Gasteiger partial charge in [-0.15, -0.1) is 0 Å². The summed E-state index contributed by atoms with van der Waals surface area (Å²) in [5.41, 5.74) is 1.22. The smallest absolute Gasteiger partial charge is 0.425 e. The average Bonchev–Trinajstić information content (AvgIpc) is 2.94. The molecule has 5 nitrogen and oxygen atoms in total. The molecule has 0 N–H and O–H groups in total. The minimum absolute atomic E-state index is 0.160. The van der Waals surface area contributed by atoms with Gasteiger partial charge in [0.25, 0.3) is 0 Å². The number of amides is 2. The Morgan fingerprint density at radius 2 is 1.88 bits per heavy atom. The standard InChI is InChI=1S/C17H13F2NO4/c1-10-2-5-12(6-3-10)24-17(22)20-15(9-23-16(20)21)11-4-7-13(18)14(19)8-11/h2-8,15H,9H2,1H3. The average molecular weight is 333 g/mol. The van der Waals surface area contributed by atoms with E-state index in [1.807, 2.05) is 6.92 Å². The van der Waals surface area contributed by atoms with Gasteiger partial charge in [-0.05, 0) is 36.8 Å². The first-order chi connectivity index (χ1) is 11.5. The Kier molecular flexibility index (Phi) is 4.16. The highest BCUT2D eigenvalue weighted by molar-refractivity contribution is 5.90. The Balaban J connectivity index is 1.83. The molecule has 1 unspecified atom stereocenters. The van der Waals surface area contributed by atoms with Crippen LogP contribution in [0.5, 0.6) is 5.75 Å². The van der Waals surface area contributed by atoms with Gasteiger partial charge in [-0.1, -0.05) is 23.8 Å². The summed E-state index contributed by atoms with van der Waals surface area (Å²) in [7, 11) is 0. The number of halogens is 2. The molecule has 0 spiro atoms. The topological polar surface area (TPSA) is 55.8 Å². The summed E-state index contributed by atoms with van der Waals surface area (Å²) in [6.45, 7) is 1.72. The number of nitrogens with zero attached hydrogens (tertiary/aromatic N) is 1. The molecule has 24 heavy (non-hydrogen) atoms. The van der Waals surface area contributed by atoms with Gasteiger partial charge in [0, 0.05) is 0 Å². The Labute approximate surface area is 136 Å². The predicted octanol–water partition coefficient (Wildman–Crippen LogP) is 3.97. The van der Waals surface area contributed by atoms with Gasteiger partial charge in [0.1, 0.15) is 18.4 Å². The number of benzene rings is 2. The van der Waals surface area contributed by atoms with Gasteiger partial charge in [-0.2, -0.15) is 0 Å². The van der Waals surface area contributed by atoms with Crippen LogP contribution in [0.4, 0.5) is 18.4 Å². The third kappa shape index (κ3) is 3.05. The Hall–Kier alpha value is -2.96. The van der Waals surface area contributed by atoms with E-state index in [9.17, 15) is 18.4 Å². The van der Waals surface area contributed by atoms with E-state index < -0.39 is 29.9 Å². The second-order valence-electron chi connectivity index (χ2n) is 5.32. The van der Waals surface area contributed by atoms with Crippen molar-refractivity contribution < 1.29 is 27.8 Å². The molecule has 1 aliphatic rings. The lowest BCUT2D eigenvalue weighted by atomic mass is 10.1. The lowest BCUT2D eigenvalue weighted by molar-refractivity contribution is 0.140. The predicted molar refractivity (Wildman–Crippen MR) is 79.5 cm³/mol. The van der Waals surface area contributed by atoms with Crippen molar-refractivity contribution in [1.29, 1.82) is 0 Å². The zero-order chi connectivity index (χ0) is 17.3. The van der Waals surface area contributed by atoms with Crippen molar-refractivity contribution in [2.75, 3.05) is 6.61 Å². The molecule has 2 aromatic carbocycles. The van der Waals surface area contributed by atoms with Gasteiger partial charge in [-0.25, -0.2) is 23.3 Å². The zero-order valence-corrected chi connectivity index (χ0v) is 12.7. The van der Waals surface area contributed by atoms with Crippen LogP contribution in [0.15, 0.2) is 42.5 Å². The minimum atomic E-state index is -1.07. The number of ether oxygens (including phenoxy) is 2. The van der Waals surface area contributed by atoms with E-state index in [1.165, 1.54) is 6.07 Å². The van der Waals surface area contributed by atoms with E-state index in [0.717, 1.165) is 22.6 Å². The first kappa shape index (κ1) is 15.9. The van der Waals surface area contributed by atoms with Crippen LogP contribution in [0.1, 0.15) is 17.2 Å². The zero-order valence-electron chi connectivity index (χ0n) is 12.7. The van der Waals surface area contributed by atoms with Crippen molar-refractivity contribution in [2.24, 2.45) is 0 Å². The number of cyclic esters (lactones) is 1. The molecule has 0 aromatic heterocycles. The number of carbonyl (C=O) groups is 2. The van der Waals surface area contributed by atoms with Gasteiger partial charge in [0.05, 0.1) is 0 Å². The maximum atomic E-state index is 13.4. The second-order valence-corrected chi connectivity index (χ2v) is 5.32. The van der Waals surface area contributed by atoms with Gasteiger partial charge >= 0.3 is 12.2 Å². The lowest BCUT2D eigenvalue weighted by Gasteiger charge is -2.19. The number of hydrogen-bond acceptors (Lipinski definition) is 4. The third-order valence-corrected chi connectivity index (χ3v) is 3.62. The van der Waals surface area contributed by atoms with Crippen LogP contribution in [0.2, 0.25) is 0 Å². The first-order valence-electron chi connectivity index (χ1n) is 7.15. The van der Waals surface area contributed by atoms with Crippen LogP contribution < -0.4 is 4.74 Å². The normalized spacial score (nSPS) is 16.9. The Morgan fingerprint density at radius 1 is 1.17 bits per heavy atom. The highest BCUT2D eigenvalue weighted by Gasteiger charge is 2.40. The number of aryl methyl sites for hydroxylation is 1. The molecule has 1 heterocycles. The summed E-state index contributed by atoms with van der Waals surface area (Å²) in [4.78, 5) is 24.9. The molecule has 1 aliphatic heterocycles. The van der Waals surface area contributed by atoms with Gasteiger partial charge < -0.3 is 9.47 Å². The SMILES string of the molecule is Cc1ccc(OC(=O)N2C(=O)OCC2c2ccc(F)c(F)c2)cc1. The van der Waals surface area contributed by atoms with E-state index in [-0.39, 0.29) is 17.9 Å². The molecule has 1 atom stereocenters. The summed E-state index contributed by atoms with van der Waals surface area (Å²) in [5, 5.41) is 0. The van der Waals surface area contributed by atoms with Crippen LogP contribution >= 0.6 is 0 Å². The van der Waals surface area contributed by atoms with Gasteiger partial charge in [0.15, 0.2) is 11.6 Å². The Bertz CT molecular complexity index is 792. The van der Waals surface area contributed by atoms with Crippen LogP contribution in [0, 0.1) is 18.6 Å². The molecule has 7 heteroatoms. The maximum absolute atomic E-state index is 13.4. The fraction of sp³-hybridized carbons (Fsp3) is 0.176. The van der Waals surface area contributed by atoms with E-state index in [4.69, 9.17) is 9.47 Å². The number of carbonyl (C=O) groups excluding carboxylic acids is 2. The summed E-state index contributed by atoms with van der Waals surface area (Å²) < 4.78 is 36.5. The largest absolute Gasteiger partial charge is 0.446 e. The second kappa shape index (κ2) is 6.27. The fourth-order valence-corrected chi connectivity index (χ4v) is 2.34. The molecule has 1 fully saturated rings. The van der Waals surface area contributed by atoms with Crippen molar-refractivity contribution in [3.8, 4) is 5.75 Å².